The van der Waals surface area contributed by atoms with E-state index in [1.165, 1.54) is 9.47 Å². The summed E-state index contributed by atoms with van der Waals surface area (Å²) in [5, 5.41) is 1.08. The lowest BCUT2D eigenvalue weighted by atomic mass is 10.0. The Morgan fingerprint density at radius 3 is 2.61 bits per heavy atom. The minimum absolute atomic E-state index is 0.0812. The lowest BCUT2D eigenvalue weighted by Gasteiger charge is -2.33. The van der Waals surface area contributed by atoms with Gasteiger partial charge in [0.1, 0.15) is 12.4 Å². The molecule has 0 saturated carbocycles. The molecule has 0 N–H and O–H groups in total. The summed E-state index contributed by atoms with van der Waals surface area (Å²) in [5.74, 6) is 0.274. The third-order valence-corrected chi connectivity index (χ3v) is 7.03. The van der Waals surface area contributed by atoms with Crippen LogP contribution in [0.1, 0.15) is 12.8 Å². The Kier molecular flexibility index (Phi) is 5.85. The number of aromatic nitrogens is 2. The molecule has 6 rings (SSSR count). The largest absolute Gasteiger partial charge is 0.367 e. The topological polar surface area (TPSA) is 61.7 Å². The maximum atomic E-state index is 13.7. The predicted molar refractivity (Wildman–Crippen MR) is 132 cm³/mol. The van der Waals surface area contributed by atoms with Crippen molar-refractivity contribution in [3.63, 3.8) is 0 Å². The molecule has 1 amide bonds. The van der Waals surface area contributed by atoms with Gasteiger partial charge in [-0.05, 0) is 43.2 Å². The van der Waals surface area contributed by atoms with Crippen LogP contribution in [0.25, 0.3) is 22.3 Å². The number of carbonyl (C=O) groups is 1. The molecule has 0 unspecified atom stereocenters. The average molecular weight is 466 g/mol. The third-order valence-electron chi connectivity index (χ3n) is 6.80. The van der Waals surface area contributed by atoms with E-state index in [9.17, 15) is 9.59 Å². The number of hydrogen-bond acceptors (Lipinski definition) is 5. The van der Waals surface area contributed by atoms with Crippen LogP contribution in [-0.2, 0) is 11.3 Å². The van der Waals surface area contributed by atoms with Crippen molar-refractivity contribution in [1.29, 1.82) is 0 Å². The van der Waals surface area contributed by atoms with Gasteiger partial charge in [-0.25, -0.2) is 4.98 Å². The van der Waals surface area contributed by atoms with E-state index in [0.29, 0.717) is 33.4 Å². The quantitative estimate of drug-likeness (QED) is 0.592. The van der Waals surface area contributed by atoms with Crippen LogP contribution in [0.15, 0.2) is 47.3 Å². The van der Waals surface area contributed by atoms with E-state index in [2.05, 4.69) is 15.9 Å². The number of halogens is 1. The second kappa shape index (κ2) is 8.80. The van der Waals surface area contributed by atoms with Gasteiger partial charge in [0.2, 0.25) is 5.91 Å². The number of amides is 1. The van der Waals surface area contributed by atoms with Crippen molar-refractivity contribution in [3.8, 4) is 11.4 Å². The summed E-state index contributed by atoms with van der Waals surface area (Å²) in [4.78, 5) is 37.6. The number of fused-ring (bicyclic) bond motifs is 5. The van der Waals surface area contributed by atoms with Crippen LogP contribution >= 0.6 is 11.6 Å². The summed E-state index contributed by atoms with van der Waals surface area (Å²) < 4.78 is 1.47. The van der Waals surface area contributed by atoms with E-state index in [0.717, 1.165) is 44.7 Å². The number of rotatable bonds is 4. The van der Waals surface area contributed by atoms with E-state index >= 15 is 0 Å². The van der Waals surface area contributed by atoms with E-state index in [4.69, 9.17) is 16.6 Å². The third kappa shape index (κ3) is 4.23. The standard InChI is InChI=1S/C25H28ClN5O2/c1-28(2)23(32)16-31-24(17-4-3-5-18(26)14-17)27-22-7-6-20(15-21(22)25(31)33)30-13-12-29-10-8-19(30)9-11-29/h3-7,14-15,19H,8-13,16H2,1-2H3. The van der Waals surface area contributed by atoms with Gasteiger partial charge in [-0.15, -0.1) is 0 Å². The Hall–Kier alpha value is -2.90. The van der Waals surface area contributed by atoms with Crippen LogP contribution in [0.4, 0.5) is 5.69 Å². The summed E-state index contributed by atoms with van der Waals surface area (Å²) >= 11 is 6.21. The van der Waals surface area contributed by atoms with Crippen molar-refractivity contribution in [2.75, 3.05) is 45.2 Å². The fourth-order valence-corrected chi connectivity index (χ4v) is 5.08. The number of piperidine rings is 1. The predicted octanol–water partition coefficient (Wildman–Crippen LogP) is 3.09. The molecule has 2 bridgehead atoms. The molecule has 2 aromatic carbocycles. The van der Waals surface area contributed by atoms with Crippen molar-refractivity contribution in [2.45, 2.75) is 25.4 Å². The van der Waals surface area contributed by atoms with E-state index in [1.54, 1.807) is 26.2 Å². The number of benzene rings is 2. The van der Waals surface area contributed by atoms with Gasteiger partial charge in [-0.3, -0.25) is 14.2 Å². The Bertz CT molecular complexity index is 1260. The molecular formula is C25H28ClN5O2. The molecule has 1 aromatic heterocycles. The molecule has 33 heavy (non-hydrogen) atoms. The first kappa shape index (κ1) is 21.9. The van der Waals surface area contributed by atoms with Gasteiger partial charge in [0, 0.05) is 62.6 Å². The average Bonchev–Trinajstić information content (AvgIpc) is 3.14. The second-order valence-electron chi connectivity index (χ2n) is 9.09. The Morgan fingerprint density at radius 2 is 1.88 bits per heavy atom. The van der Waals surface area contributed by atoms with Crippen molar-refractivity contribution < 1.29 is 4.79 Å². The first-order chi connectivity index (χ1) is 15.9. The van der Waals surface area contributed by atoms with Crippen molar-refractivity contribution in [3.05, 3.63) is 57.8 Å². The number of likely N-dealkylation sites (N-methyl/N-ethyl adjacent to an activating group) is 1. The normalized spacial score (nSPS) is 20.2. The van der Waals surface area contributed by atoms with Gasteiger partial charge in [-0.1, -0.05) is 23.7 Å². The van der Waals surface area contributed by atoms with Gasteiger partial charge >= 0.3 is 0 Å². The summed E-state index contributed by atoms with van der Waals surface area (Å²) in [5.41, 5.74) is 2.16. The maximum Gasteiger partial charge on any atom is 0.262 e. The zero-order valence-corrected chi connectivity index (χ0v) is 19.8. The first-order valence-electron chi connectivity index (χ1n) is 11.4. The first-order valence-corrected chi connectivity index (χ1v) is 11.8. The molecule has 172 valence electrons. The van der Waals surface area contributed by atoms with Crippen LogP contribution in [0, 0.1) is 0 Å². The number of anilines is 1. The molecule has 8 heteroatoms. The maximum absolute atomic E-state index is 13.7. The van der Waals surface area contributed by atoms with Crippen molar-refractivity contribution in [2.24, 2.45) is 0 Å². The summed E-state index contributed by atoms with van der Waals surface area (Å²) in [6.45, 7) is 4.19. The fraction of sp³-hybridized carbons (Fsp3) is 0.400. The molecule has 0 spiro atoms. The highest BCUT2D eigenvalue weighted by atomic mass is 35.5. The molecule has 0 atom stereocenters. The van der Waals surface area contributed by atoms with E-state index in [-0.39, 0.29) is 18.0 Å². The Labute approximate surface area is 198 Å². The van der Waals surface area contributed by atoms with Crippen LogP contribution in [-0.4, -0.2) is 71.6 Å². The molecular weight excluding hydrogens is 438 g/mol. The van der Waals surface area contributed by atoms with Gasteiger partial charge in [-0.2, -0.15) is 0 Å². The number of hydrogen-bond donors (Lipinski definition) is 0. The molecule has 7 nitrogen and oxygen atoms in total. The minimum atomic E-state index is -0.213. The highest BCUT2D eigenvalue weighted by Crippen LogP contribution is 2.29. The number of nitrogens with zero attached hydrogens (tertiary/aromatic N) is 5. The van der Waals surface area contributed by atoms with Crippen molar-refractivity contribution in [1.82, 2.24) is 19.4 Å². The zero-order chi connectivity index (χ0) is 23.1. The summed E-state index contributed by atoms with van der Waals surface area (Å²) in [6.07, 6.45) is 2.29. The minimum Gasteiger partial charge on any atom is -0.367 e. The SMILES string of the molecule is CN(C)C(=O)Cn1c(-c2cccc(Cl)c2)nc2ccc(N3CCN4CCC3CC4)cc2c1=O. The van der Waals surface area contributed by atoms with Gasteiger partial charge in [0.25, 0.3) is 5.56 Å². The highest BCUT2D eigenvalue weighted by molar-refractivity contribution is 6.30. The van der Waals surface area contributed by atoms with Gasteiger partial charge < -0.3 is 14.7 Å². The monoisotopic (exact) mass is 465 g/mol. The smallest absolute Gasteiger partial charge is 0.262 e. The van der Waals surface area contributed by atoms with Crippen LogP contribution in [0.5, 0.6) is 0 Å². The molecule has 0 radical (unpaired) electrons. The Balaban J connectivity index is 1.64. The lowest BCUT2D eigenvalue weighted by molar-refractivity contribution is -0.129. The molecule has 3 saturated heterocycles. The Morgan fingerprint density at radius 1 is 1.09 bits per heavy atom. The van der Waals surface area contributed by atoms with Crippen molar-refractivity contribution >= 4 is 34.1 Å². The van der Waals surface area contributed by atoms with E-state index < -0.39 is 0 Å². The summed E-state index contributed by atoms with van der Waals surface area (Å²) in [7, 11) is 3.37. The van der Waals surface area contributed by atoms with Crippen LogP contribution < -0.4 is 10.5 Å². The fourth-order valence-electron chi connectivity index (χ4n) is 4.89. The van der Waals surface area contributed by atoms with Crippen LogP contribution in [0.3, 0.4) is 0 Å². The molecule has 0 aliphatic carbocycles. The van der Waals surface area contributed by atoms with Gasteiger partial charge in [0.15, 0.2) is 0 Å². The second-order valence-corrected chi connectivity index (χ2v) is 9.53. The molecule has 3 aliphatic heterocycles. The molecule has 3 fully saturated rings. The number of carbonyl (C=O) groups excluding carboxylic acids is 1. The highest BCUT2D eigenvalue weighted by Gasteiger charge is 2.29. The molecule has 3 aliphatic rings. The van der Waals surface area contributed by atoms with Crippen LogP contribution in [0.2, 0.25) is 5.02 Å². The van der Waals surface area contributed by atoms with E-state index in [1.807, 2.05) is 24.3 Å². The lowest BCUT2D eigenvalue weighted by Crippen LogP contribution is -2.38. The zero-order valence-electron chi connectivity index (χ0n) is 19.0. The molecule has 3 aromatic rings. The molecule has 4 heterocycles. The summed E-state index contributed by atoms with van der Waals surface area (Å²) in [6, 6.07) is 13.7. The van der Waals surface area contributed by atoms with Gasteiger partial charge in [0.05, 0.1) is 10.9 Å².